The second kappa shape index (κ2) is 14.2. The Bertz CT molecular complexity index is 1740. The second-order valence-corrected chi connectivity index (χ2v) is 12.7. The lowest BCUT2D eigenvalue weighted by Crippen LogP contribution is -2.26. The monoisotopic (exact) mass is 598 g/mol. The van der Waals surface area contributed by atoms with Gasteiger partial charge in [0.2, 0.25) is 0 Å². The van der Waals surface area contributed by atoms with E-state index in [2.05, 4.69) is 4.98 Å². The number of benzene rings is 4. The molecule has 1 heterocycles. The quantitative estimate of drug-likeness (QED) is 0.0850. The van der Waals surface area contributed by atoms with Crippen LogP contribution in [0.1, 0.15) is 11.3 Å². The lowest BCUT2D eigenvalue weighted by molar-refractivity contribution is -0.139. The Morgan fingerprint density at radius 2 is 1.07 bits per heavy atom. The molecule has 218 valence electrons. The van der Waals surface area contributed by atoms with E-state index in [0.29, 0.717) is 11.3 Å². The normalized spacial score (nSPS) is 12.1. The molecule has 1 aromatic heterocycles. The summed E-state index contributed by atoms with van der Waals surface area (Å²) in [4.78, 5) is 32.0. The summed E-state index contributed by atoms with van der Waals surface area (Å²) in [6.45, 7) is 0. The molecule has 0 aliphatic heterocycles. The highest BCUT2D eigenvalue weighted by Gasteiger charge is 2.33. The van der Waals surface area contributed by atoms with Gasteiger partial charge in [0.15, 0.2) is 0 Å². The summed E-state index contributed by atoms with van der Waals surface area (Å²) in [6.07, 6.45) is 3.25. The van der Waals surface area contributed by atoms with Crippen molar-refractivity contribution in [3.05, 3.63) is 168 Å². The molecule has 0 radical (unpaired) electrons. The molecule has 6 nitrogen and oxygen atoms in total. The molecule has 7 heteroatoms. The van der Waals surface area contributed by atoms with Gasteiger partial charge in [-0.25, -0.2) is 9.59 Å². The third kappa shape index (κ3) is 6.36. The third-order valence-corrected chi connectivity index (χ3v) is 10.6. The molecule has 0 spiro atoms. The highest BCUT2D eigenvalue weighted by molar-refractivity contribution is 7.87. The summed E-state index contributed by atoms with van der Waals surface area (Å²) in [5.74, 6) is -1.45. The van der Waals surface area contributed by atoms with E-state index in [1.165, 1.54) is 14.2 Å². The fraction of sp³-hybridized carbons (Fsp3) is 0.0541. The molecule has 0 aliphatic carbocycles. The summed E-state index contributed by atoms with van der Waals surface area (Å²) in [5.41, 5.74) is 1.28. The fourth-order valence-electron chi connectivity index (χ4n) is 4.93. The molecule has 0 aliphatic rings. The molecule has 0 amide bonds. The number of esters is 2. The Hall–Kier alpha value is -5.32. The number of carbonyl (C=O) groups excluding carboxylic acids is 2. The van der Waals surface area contributed by atoms with E-state index in [1.807, 2.05) is 127 Å². The number of hydrogen-bond donors (Lipinski definition) is 0. The minimum atomic E-state index is -2.90. The molecule has 5 aromatic rings. The van der Waals surface area contributed by atoms with Crippen LogP contribution in [-0.2, 0) is 19.1 Å². The predicted octanol–water partition coefficient (Wildman–Crippen LogP) is 6.40. The van der Waals surface area contributed by atoms with E-state index in [0.717, 1.165) is 15.9 Å². The summed E-state index contributed by atoms with van der Waals surface area (Å²) in [7, 11) is -0.338. The summed E-state index contributed by atoms with van der Waals surface area (Å²) in [6, 6.07) is 44.7. The number of rotatable bonds is 9. The number of ether oxygens (including phenoxy) is 2. The first-order valence-electron chi connectivity index (χ1n) is 14.0. The summed E-state index contributed by atoms with van der Waals surface area (Å²) >= 11 is 0. The maximum Gasteiger partial charge on any atom is 0.341 e. The molecule has 0 bridgehead atoms. The SMILES string of the molecule is COC(=O)C(=C(\N=P(c1ccccc1)(c1ccccc1)c1ccccc1)c1ccccn1)/C(=C\c1ccccc1)C(=O)OC. The van der Waals surface area contributed by atoms with Crippen molar-refractivity contribution in [2.24, 2.45) is 4.74 Å². The first-order valence-corrected chi connectivity index (χ1v) is 15.7. The van der Waals surface area contributed by atoms with Gasteiger partial charge in [-0.05, 0) is 23.8 Å². The Kier molecular flexibility index (Phi) is 9.75. The largest absolute Gasteiger partial charge is 0.465 e. The van der Waals surface area contributed by atoms with Crippen molar-refractivity contribution >= 4 is 46.7 Å². The van der Waals surface area contributed by atoms with E-state index in [1.54, 1.807) is 24.4 Å². The maximum absolute atomic E-state index is 13.9. The van der Waals surface area contributed by atoms with Crippen molar-refractivity contribution in [3.63, 3.8) is 0 Å². The van der Waals surface area contributed by atoms with E-state index in [-0.39, 0.29) is 16.8 Å². The van der Waals surface area contributed by atoms with Gasteiger partial charge in [0.05, 0.1) is 32.5 Å². The van der Waals surface area contributed by atoms with Gasteiger partial charge in [0.1, 0.15) is 11.3 Å². The number of carbonyl (C=O) groups is 2. The van der Waals surface area contributed by atoms with E-state index in [4.69, 9.17) is 14.2 Å². The molecule has 0 saturated carbocycles. The van der Waals surface area contributed by atoms with Crippen LogP contribution in [0.15, 0.2) is 162 Å². The molecule has 0 unspecified atom stereocenters. The maximum atomic E-state index is 13.9. The van der Waals surface area contributed by atoms with Crippen molar-refractivity contribution < 1.29 is 19.1 Å². The zero-order chi connectivity index (χ0) is 30.8. The number of nitrogens with zero attached hydrogens (tertiary/aromatic N) is 2. The highest BCUT2D eigenvalue weighted by Crippen LogP contribution is 2.50. The average molecular weight is 599 g/mol. The topological polar surface area (TPSA) is 77.9 Å². The Balaban J connectivity index is 2.04. The summed E-state index contributed by atoms with van der Waals surface area (Å²) in [5, 5.41) is 2.88. The van der Waals surface area contributed by atoms with Crippen molar-refractivity contribution in [2.75, 3.05) is 14.2 Å². The van der Waals surface area contributed by atoms with Crippen LogP contribution in [-0.4, -0.2) is 31.1 Å². The van der Waals surface area contributed by atoms with Crippen molar-refractivity contribution in [2.45, 2.75) is 0 Å². The molecule has 0 atom stereocenters. The van der Waals surface area contributed by atoms with Crippen LogP contribution in [0.2, 0.25) is 0 Å². The minimum Gasteiger partial charge on any atom is -0.465 e. The molecular weight excluding hydrogens is 567 g/mol. The van der Waals surface area contributed by atoms with Crippen molar-refractivity contribution in [1.29, 1.82) is 0 Å². The lowest BCUT2D eigenvalue weighted by atomic mass is 9.99. The second-order valence-electron chi connectivity index (χ2n) is 9.63. The van der Waals surface area contributed by atoms with Crippen LogP contribution in [0, 0.1) is 0 Å². The van der Waals surface area contributed by atoms with Crippen LogP contribution >= 0.6 is 7.05 Å². The van der Waals surface area contributed by atoms with Gasteiger partial charge in [-0.1, -0.05) is 127 Å². The Labute approximate surface area is 257 Å². The van der Waals surface area contributed by atoms with E-state index in [9.17, 15) is 9.59 Å². The van der Waals surface area contributed by atoms with Crippen LogP contribution in [0.4, 0.5) is 0 Å². The number of aromatic nitrogens is 1. The molecular formula is C37H31N2O4P. The Morgan fingerprint density at radius 1 is 0.614 bits per heavy atom. The predicted molar refractivity (Wildman–Crippen MR) is 177 cm³/mol. The van der Waals surface area contributed by atoms with E-state index >= 15 is 0 Å². The van der Waals surface area contributed by atoms with Gasteiger partial charge in [-0.15, -0.1) is 0 Å². The fourth-order valence-corrected chi connectivity index (χ4v) is 8.48. The molecule has 0 fully saturated rings. The standard InChI is InChI=1S/C37H31N2O4P/c1-42-36(40)32(27-28-17-7-3-8-18-28)34(37(41)43-2)35(33-25-15-16-26-38-33)39-44(29-19-9-4-10-20-29,30-21-11-5-12-22-30)31-23-13-6-14-24-31/h3-27H,1-2H3/b32-27+,35-34-. The Morgan fingerprint density at radius 3 is 1.50 bits per heavy atom. The highest BCUT2D eigenvalue weighted by atomic mass is 31.2. The number of hydrogen-bond acceptors (Lipinski definition) is 6. The van der Waals surface area contributed by atoms with Gasteiger partial charge in [0.25, 0.3) is 0 Å². The minimum absolute atomic E-state index is 0.00207. The van der Waals surface area contributed by atoms with Crippen LogP contribution < -0.4 is 15.9 Å². The van der Waals surface area contributed by atoms with Crippen LogP contribution in [0.25, 0.3) is 11.8 Å². The first kappa shape index (κ1) is 30.1. The van der Waals surface area contributed by atoms with Gasteiger partial charge < -0.3 is 9.47 Å². The lowest BCUT2D eigenvalue weighted by Gasteiger charge is -2.28. The van der Waals surface area contributed by atoms with E-state index < -0.39 is 19.0 Å². The van der Waals surface area contributed by atoms with Gasteiger partial charge in [-0.3, -0.25) is 9.73 Å². The average Bonchev–Trinajstić information content (AvgIpc) is 3.11. The molecule has 0 saturated heterocycles. The smallest absolute Gasteiger partial charge is 0.341 e. The molecule has 44 heavy (non-hydrogen) atoms. The van der Waals surface area contributed by atoms with Crippen LogP contribution in [0.5, 0.6) is 0 Å². The van der Waals surface area contributed by atoms with Gasteiger partial charge >= 0.3 is 11.9 Å². The van der Waals surface area contributed by atoms with Crippen molar-refractivity contribution in [1.82, 2.24) is 4.98 Å². The van der Waals surface area contributed by atoms with Crippen LogP contribution in [0.3, 0.4) is 0 Å². The van der Waals surface area contributed by atoms with Crippen molar-refractivity contribution in [3.8, 4) is 0 Å². The van der Waals surface area contributed by atoms with Gasteiger partial charge in [-0.2, -0.15) is 0 Å². The summed E-state index contributed by atoms with van der Waals surface area (Å²) < 4.78 is 16.2. The number of pyridine rings is 1. The molecule has 5 rings (SSSR count). The molecule has 0 N–H and O–H groups in total. The van der Waals surface area contributed by atoms with Gasteiger partial charge in [0, 0.05) is 22.1 Å². The molecule has 4 aromatic carbocycles. The zero-order valence-electron chi connectivity index (χ0n) is 24.4. The number of methoxy groups -OCH3 is 2. The zero-order valence-corrected chi connectivity index (χ0v) is 25.3. The first-order chi connectivity index (χ1) is 21.6. The third-order valence-electron chi connectivity index (χ3n) is 6.96.